The second kappa shape index (κ2) is 12.4. The number of fused-ring (bicyclic) bond motifs is 3. The highest BCUT2D eigenvalue weighted by Gasteiger charge is 2.25. The molecule has 1 N–H and O–H groups in total. The SMILES string of the molecule is COc1ccccc1CCC(=O)N(Cc1ccc2c(c1)OCO2)Cc1cc2cc3c(cc2nc1N1CCC(O)CC1)CCC3. The van der Waals surface area contributed by atoms with Crippen LogP contribution in [0.3, 0.4) is 0 Å². The van der Waals surface area contributed by atoms with Gasteiger partial charge in [0.05, 0.1) is 18.7 Å². The van der Waals surface area contributed by atoms with Crippen LogP contribution in [0.25, 0.3) is 10.9 Å². The van der Waals surface area contributed by atoms with Crippen LogP contribution in [-0.4, -0.2) is 54.0 Å². The molecule has 228 valence electrons. The third kappa shape index (κ3) is 5.91. The number of ether oxygens (including phenoxy) is 3. The number of piperidine rings is 1. The number of aromatic nitrogens is 1. The highest BCUT2D eigenvalue weighted by atomic mass is 16.7. The summed E-state index contributed by atoms with van der Waals surface area (Å²) in [5.41, 5.74) is 6.82. The van der Waals surface area contributed by atoms with E-state index in [0.717, 1.165) is 70.8 Å². The van der Waals surface area contributed by atoms with Crippen molar-refractivity contribution in [2.45, 2.75) is 64.1 Å². The summed E-state index contributed by atoms with van der Waals surface area (Å²) in [6.07, 6.45) is 5.46. The minimum Gasteiger partial charge on any atom is -0.496 e. The van der Waals surface area contributed by atoms with Gasteiger partial charge >= 0.3 is 0 Å². The van der Waals surface area contributed by atoms with Gasteiger partial charge in [-0.3, -0.25) is 4.79 Å². The van der Waals surface area contributed by atoms with E-state index < -0.39 is 0 Å². The quantitative estimate of drug-likeness (QED) is 0.271. The number of hydrogen-bond acceptors (Lipinski definition) is 7. The van der Waals surface area contributed by atoms with Crippen LogP contribution in [0.2, 0.25) is 0 Å². The molecule has 1 saturated heterocycles. The first-order valence-corrected chi connectivity index (χ1v) is 15.7. The highest BCUT2D eigenvalue weighted by molar-refractivity contribution is 5.84. The van der Waals surface area contributed by atoms with E-state index in [9.17, 15) is 9.90 Å². The molecule has 1 aromatic heterocycles. The molecule has 44 heavy (non-hydrogen) atoms. The van der Waals surface area contributed by atoms with Gasteiger partial charge in [-0.25, -0.2) is 4.98 Å². The normalized spacial score (nSPS) is 15.9. The molecule has 0 saturated carbocycles. The zero-order chi connectivity index (χ0) is 30.0. The molecule has 0 unspecified atom stereocenters. The number of benzene rings is 3. The number of carbonyl (C=O) groups is 1. The Morgan fingerprint density at radius 3 is 2.61 bits per heavy atom. The average Bonchev–Trinajstić information content (AvgIpc) is 3.71. The van der Waals surface area contributed by atoms with Crippen LogP contribution >= 0.6 is 0 Å². The Balaban J connectivity index is 1.23. The maximum absolute atomic E-state index is 14.1. The van der Waals surface area contributed by atoms with E-state index in [-0.39, 0.29) is 18.8 Å². The van der Waals surface area contributed by atoms with E-state index in [1.54, 1.807) is 7.11 Å². The molecule has 1 fully saturated rings. The number of aliphatic hydroxyl groups excluding tert-OH is 1. The zero-order valence-corrected chi connectivity index (χ0v) is 25.3. The molecule has 0 radical (unpaired) electrons. The van der Waals surface area contributed by atoms with E-state index in [4.69, 9.17) is 19.2 Å². The number of pyridine rings is 1. The number of para-hydroxylation sites is 1. The molecular formula is C36H39N3O5. The standard InChI is InChI=1S/C36H39N3O5/c1-42-32-8-3-2-5-25(32)10-12-35(41)39(21-24-9-11-33-34(17-24)44-23-43-33)22-29-19-28-18-26-6-4-7-27(26)20-31(28)37-36(29)38-15-13-30(40)14-16-38/h2-3,5,8-9,11,17-20,30,40H,4,6-7,10,12-16,21-23H2,1H3. The van der Waals surface area contributed by atoms with Crippen molar-refractivity contribution in [2.24, 2.45) is 0 Å². The van der Waals surface area contributed by atoms with Crippen LogP contribution in [0, 0.1) is 0 Å². The van der Waals surface area contributed by atoms with Crippen molar-refractivity contribution in [1.82, 2.24) is 9.88 Å². The van der Waals surface area contributed by atoms with Crippen molar-refractivity contribution in [3.8, 4) is 17.2 Å². The maximum atomic E-state index is 14.1. The Hall–Kier alpha value is -4.30. The van der Waals surface area contributed by atoms with Gasteiger partial charge in [-0.1, -0.05) is 24.3 Å². The smallest absolute Gasteiger partial charge is 0.231 e. The first-order chi connectivity index (χ1) is 21.5. The Morgan fingerprint density at radius 2 is 1.77 bits per heavy atom. The molecule has 4 aromatic rings. The minimum absolute atomic E-state index is 0.0580. The van der Waals surface area contributed by atoms with E-state index in [0.29, 0.717) is 44.5 Å². The molecule has 8 nitrogen and oxygen atoms in total. The summed E-state index contributed by atoms with van der Waals surface area (Å²) in [5.74, 6) is 3.20. The van der Waals surface area contributed by atoms with Gasteiger partial charge in [-0.15, -0.1) is 0 Å². The van der Waals surface area contributed by atoms with Gasteiger partial charge in [-0.2, -0.15) is 0 Å². The number of anilines is 1. The van der Waals surface area contributed by atoms with Crippen molar-refractivity contribution in [3.05, 3.63) is 88.5 Å². The van der Waals surface area contributed by atoms with Crippen molar-refractivity contribution >= 4 is 22.6 Å². The zero-order valence-electron chi connectivity index (χ0n) is 25.3. The Bertz CT molecular complexity index is 1680. The summed E-state index contributed by atoms with van der Waals surface area (Å²) >= 11 is 0. The van der Waals surface area contributed by atoms with E-state index >= 15 is 0 Å². The average molecular weight is 594 g/mol. The minimum atomic E-state index is -0.280. The molecular weight excluding hydrogens is 554 g/mol. The maximum Gasteiger partial charge on any atom is 0.231 e. The molecule has 0 bridgehead atoms. The molecule has 0 atom stereocenters. The van der Waals surface area contributed by atoms with Crippen LogP contribution in [0.15, 0.2) is 60.7 Å². The lowest BCUT2D eigenvalue weighted by molar-refractivity contribution is -0.132. The van der Waals surface area contributed by atoms with Gasteiger partial charge in [-0.05, 0) is 97.2 Å². The van der Waals surface area contributed by atoms with Crippen LogP contribution < -0.4 is 19.1 Å². The van der Waals surface area contributed by atoms with Crippen molar-refractivity contribution in [2.75, 3.05) is 31.9 Å². The second-order valence-electron chi connectivity index (χ2n) is 12.1. The van der Waals surface area contributed by atoms with Gasteiger partial charge in [0, 0.05) is 43.5 Å². The summed E-state index contributed by atoms with van der Waals surface area (Å²) in [6.45, 7) is 2.54. The van der Waals surface area contributed by atoms with E-state index in [1.165, 1.54) is 17.5 Å². The Morgan fingerprint density at radius 1 is 0.977 bits per heavy atom. The van der Waals surface area contributed by atoms with Crippen LogP contribution in [0.1, 0.15) is 53.5 Å². The predicted octanol–water partition coefficient (Wildman–Crippen LogP) is 5.58. The molecule has 8 heteroatoms. The third-order valence-electron chi connectivity index (χ3n) is 9.17. The van der Waals surface area contributed by atoms with Gasteiger partial charge in [0.25, 0.3) is 0 Å². The van der Waals surface area contributed by atoms with Crippen molar-refractivity contribution in [1.29, 1.82) is 0 Å². The van der Waals surface area contributed by atoms with Crippen molar-refractivity contribution < 1.29 is 24.1 Å². The second-order valence-corrected chi connectivity index (χ2v) is 12.1. The van der Waals surface area contributed by atoms with E-state index in [2.05, 4.69) is 23.1 Å². The number of rotatable bonds is 9. The molecule has 3 aliphatic rings. The monoisotopic (exact) mass is 593 g/mol. The van der Waals surface area contributed by atoms with Gasteiger partial charge in [0.2, 0.25) is 12.7 Å². The fraction of sp³-hybridized carbons (Fsp3) is 0.389. The highest BCUT2D eigenvalue weighted by Crippen LogP contribution is 2.35. The fourth-order valence-electron chi connectivity index (χ4n) is 6.76. The van der Waals surface area contributed by atoms with Gasteiger partial charge in [0.1, 0.15) is 11.6 Å². The fourth-order valence-corrected chi connectivity index (χ4v) is 6.76. The summed E-state index contributed by atoms with van der Waals surface area (Å²) in [7, 11) is 1.66. The number of carbonyl (C=O) groups excluding carboxylic acids is 1. The topological polar surface area (TPSA) is 84.4 Å². The third-order valence-corrected chi connectivity index (χ3v) is 9.17. The Kier molecular flexibility index (Phi) is 8.00. The first kappa shape index (κ1) is 28.5. The molecule has 0 spiro atoms. The Labute approximate surface area is 258 Å². The van der Waals surface area contributed by atoms with Crippen LogP contribution in [0.4, 0.5) is 5.82 Å². The summed E-state index contributed by atoms with van der Waals surface area (Å²) in [5, 5.41) is 11.3. The lowest BCUT2D eigenvalue weighted by Crippen LogP contribution is -2.38. The number of aryl methyl sites for hydroxylation is 3. The summed E-state index contributed by atoms with van der Waals surface area (Å²) in [4.78, 5) is 23.5. The number of aliphatic hydroxyl groups is 1. The van der Waals surface area contributed by atoms with Gasteiger partial charge in [0.15, 0.2) is 11.5 Å². The van der Waals surface area contributed by atoms with Gasteiger partial charge < -0.3 is 29.1 Å². The molecule has 7 rings (SSSR count). The first-order valence-electron chi connectivity index (χ1n) is 15.7. The largest absolute Gasteiger partial charge is 0.496 e. The number of nitrogens with zero attached hydrogens (tertiary/aromatic N) is 3. The van der Waals surface area contributed by atoms with Crippen molar-refractivity contribution in [3.63, 3.8) is 0 Å². The number of amides is 1. The van der Waals surface area contributed by atoms with Crippen LogP contribution in [0.5, 0.6) is 17.2 Å². The lowest BCUT2D eigenvalue weighted by Gasteiger charge is -2.33. The summed E-state index contributed by atoms with van der Waals surface area (Å²) in [6, 6.07) is 20.5. The number of methoxy groups -OCH3 is 1. The molecule has 1 aliphatic carbocycles. The number of hydrogen-bond donors (Lipinski definition) is 1. The van der Waals surface area contributed by atoms with Crippen LogP contribution in [-0.2, 0) is 37.1 Å². The predicted molar refractivity (Wildman–Crippen MR) is 169 cm³/mol. The van der Waals surface area contributed by atoms with E-state index in [1.807, 2.05) is 47.4 Å². The lowest BCUT2D eigenvalue weighted by atomic mass is 10.0. The molecule has 2 aliphatic heterocycles. The summed E-state index contributed by atoms with van der Waals surface area (Å²) < 4.78 is 16.7. The molecule has 3 aromatic carbocycles. The molecule has 1 amide bonds. The molecule has 3 heterocycles.